The first kappa shape index (κ1) is 22.2. The van der Waals surface area contributed by atoms with Crippen molar-refractivity contribution in [3.05, 3.63) is 53.8 Å². The maximum absolute atomic E-state index is 13.1. The largest absolute Gasteiger partial charge is 0.478 e. The fourth-order valence-corrected chi connectivity index (χ4v) is 5.43. The number of piperazine rings is 1. The van der Waals surface area contributed by atoms with Gasteiger partial charge in [-0.05, 0) is 80.1 Å². The van der Waals surface area contributed by atoms with Crippen molar-refractivity contribution in [2.45, 2.75) is 57.0 Å². The van der Waals surface area contributed by atoms with Gasteiger partial charge in [-0.25, -0.2) is 4.39 Å². The Morgan fingerprint density at radius 1 is 0.970 bits per heavy atom. The number of nitrogens with zero attached hydrogens (tertiary/aromatic N) is 2. The third-order valence-electron chi connectivity index (χ3n) is 7.40. The van der Waals surface area contributed by atoms with Gasteiger partial charge in [-0.15, -0.1) is 0 Å². The van der Waals surface area contributed by atoms with Gasteiger partial charge in [0.1, 0.15) is 11.6 Å². The van der Waals surface area contributed by atoms with Gasteiger partial charge in [-0.3, -0.25) is 9.69 Å². The first-order valence-corrected chi connectivity index (χ1v) is 12.5. The van der Waals surface area contributed by atoms with Crippen LogP contribution in [0, 0.1) is 5.82 Å². The van der Waals surface area contributed by atoms with Crippen LogP contribution in [0.5, 0.6) is 5.75 Å². The Labute approximate surface area is 195 Å². The van der Waals surface area contributed by atoms with Crippen molar-refractivity contribution in [3.63, 3.8) is 0 Å². The summed E-state index contributed by atoms with van der Waals surface area (Å²) in [5.74, 6) is 1.19. The number of hydrogen-bond acceptors (Lipinski definition) is 4. The third kappa shape index (κ3) is 5.32. The molecule has 0 aromatic heterocycles. The standard InChI is InChI=1S/C27H34FN3O2/c28-22-9-11-23(12-10-22)31-17-15-30(16-18-31)14-4-7-26-27(32)29-24-19-21(8-13-25(24)33-26)20-5-2-1-3-6-20/h8-13,19-20,26H,1-7,14-18H2,(H,29,32). The Hall–Kier alpha value is -2.60. The number of amides is 1. The number of rotatable bonds is 6. The molecule has 176 valence electrons. The van der Waals surface area contributed by atoms with Crippen molar-refractivity contribution in [1.29, 1.82) is 0 Å². The van der Waals surface area contributed by atoms with E-state index in [0.717, 1.165) is 56.3 Å². The molecule has 1 saturated heterocycles. The first-order valence-electron chi connectivity index (χ1n) is 12.5. The average molecular weight is 452 g/mol. The minimum absolute atomic E-state index is 0.0237. The van der Waals surface area contributed by atoms with Gasteiger partial charge in [-0.2, -0.15) is 0 Å². The minimum atomic E-state index is -0.418. The van der Waals surface area contributed by atoms with E-state index in [9.17, 15) is 9.18 Å². The number of halogens is 1. The smallest absolute Gasteiger partial charge is 0.265 e. The van der Waals surface area contributed by atoms with E-state index >= 15 is 0 Å². The van der Waals surface area contributed by atoms with E-state index in [1.165, 1.54) is 49.8 Å². The fraction of sp³-hybridized carbons (Fsp3) is 0.519. The molecule has 3 aliphatic rings. The molecular weight excluding hydrogens is 417 g/mol. The Kier molecular flexibility index (Phi) is 6.81. The maximum Gasteiger partial charge on any atom is 0.265 e. The van der Waals surface area contributed by atoms with Gasteiger partial charge in [-0.1, -0.05) is 25.3 Å². The summed E-state index contributed by atoms with van der Waals surface area (Å²) in [4.78, 5) is 17.4. The van der Waals surface area contributed by atoms with Crippen LogP contribution in [0.15, 0.2) is 42.5 Å². The Morgan fingerprint density at radius 3 is 2.48 bits per heavy atom. The second kappa shape index (κ2) is 10.1. The predicted octanol–water partition coefficient (Wildman–Crippen LogP) is 5.18. The van der Waals surface area contributed by atoms with Gasteiger partial charge in [0.2, 0.25) is 0 Å². The maximum atomic E-state index is 13.1. The SMILES string of the molecule is O=C1Nc2cc(C3CCCCC3)ccc2OC1CCCN1CCN(c2ccc(F)cc2)CC1. The Morgan fingerprint density at radius 2 is 1.73 bits per heavy atom. The topological polar surface area (TPSA) is 44.8 Å². The molecule has 5 nitrogen and oxygen atoms in total. The van der Waals surface area contributed by atoms with Crippen LogP contribution >= 0.6 is 0 Å². The first-order chi connectivity index (χ1) is 16.2. The van der Waals surface area contributed by atoms with Gasteiger partial charge < -0.3 is 15.0 Å². The van der Waals surface area contributed by atoms with E-state index < -0.39 is 6.10 Å². The molecule has 0 spiro atoms. The summed E-state index contributed by atoms with van der Waals surface area (Å²) in [7, 11) is 0. The molecule has 1 unspecified atom stereocenters. The van der Waals surface area contributed by atoms with E-state index in [1.54, 1.807) is 0 Å². The van der Waals surface area contributed by atoms with Crippen molar-refractivity contribution in [1.82, 2.24) is 4.90 Å². The summed E-state index contributed by atoms with van der Waals surface area (Å²) in [5, 5.41) is 3.09. The van der Waals surface area contributed by atoms with Gasteiger partial charge in [0.15, 0.2) is 6.10 Å². The second-order valence-electron chi connectivity index (χ2n) is 9.63. The van der Waals surface area contributed by atoms with Gasteiger partial charge in [0, 0.05) is 31.9 Å². The van der Waals surface area contributed by atoms with Crippen LogP contribution in [0.3, 0.4) is 0 Å². The van der Waals surface area contributed by atoms with E-state index in [1.807, 2.05) is 18.2 Å². The quantitative estimate of drug-likeness (QED) is 0.658. The molecule has 5 rings (SSSR count). The lowest BCUT2D eigenvalue weighted by atomic mass is 9.84. The average Bonchev–Trinajstić information content (AvgIpc) is 2.85. The number of hydrogen-bond donors (Lipinski definition) is 1. The van der Waals surface area contributed by atoms with E-state index in [0.29, 0.717) is 12.3 Å². The number of ether oxygens (including phenoxy) is 1. The summed E-state index contributed by atoms with van der Waals surface area (Å²) in [6.45, 7) is 4.77. The normalized spacial score (nSPS) is 21.9. The van der Waals surface area contributed by atoms with Crippen LogP contribution in [0.25, 0.3) is 0 Å². The molecule has 2 aromatic carbocycles. The molecule has 1 amide bonds. The van der Waals surface area contributed by atoms with Crippen LogP contribution in [0.2, 0.25) is 0 Å². The highest BCUT2D eigenvalue weighted by Gasteiger charge is 2.28. The second-order valence-corrected chi connectivity index (χ2v) is 9.63. The number of carbonyl (C=O) groups is 1. The van der Waals surface area contributed by atoms with Crippen LogP contribution in [0.4, 0.5) is 15.8 Å². The summed E-state index contributed by atoms with van der Waals surface area (Å²) >= 11 is 0. The molecule has 2 heterocycles. The molecule has 1 saturated carbocycles. The predicted molar refractivity (Wildman–Crippen MR) is 130 cm³/mol. The minimum Gasteiger partial charge on any atom is -0.478 e. The molecule has 0 radical (unpaired) electrons. The third-order valence-corrected chi connectivity index (χ3v) is 7.40. The molecule has 33 heavy (non-hydrogen) atoms. The molecule has 2 aliphatic heterocycles. The van der Waals surface area contributed by atoms with E-state index in [2.05, 4.69) is 27.2 Å². The van der Waals surface area contributed by atoms with Crippen LogP contribution in [-0.2, 0) is 4.79 Å². The molecule has 2 fully saturated rings. The molecular formula is C27H34FN3O2. The summed E-state index contributed by atoms with van der Waals surface area (Å²) in [5.41, 5.74) is 3.24. The number of benzene rings is 2. The van der Waals surface area contributed by atoms with Crippen molar-refractivity contribution >= 4 is 17.3 Å². The van der Waals surface area contributed by atoms with Gasteiger partial charge in [0.05, 0.1) is 5.69 Å². The number of anilines is 2. The summed E-state index contributed by atoms with van der Waals surface area (Å²) in [6.07, 6.45) is 7.65. The molecule has 2 aromatic rings. The van der Waals surface area contributed by atoms with Crippen LogP contribution in [-0.4, -0.2) is 49.6 Å². The zero-order valence-corrected chi connectivity index (χ0v) is 19.3. The van der Waals surface area contributed by atoms with Crippen LogP contribution in [0.1, 0.15) is 56.4 Å². The lowest BCUT2D eigenvalue weighted by molar-refractivity contribution is -0.123. The van der Waals surface area contributed by atoms with Crippen molar-refractivity contribution in [2.24, 2.45) is 0 Å². The Bertz CT molecular complexity index is 950. The van der Waals surface area contributed by atoms with Crippen molar-refractivity contribution in [3.8, 4) is 5.75 Å². The number of nitrogens with one attached hydrogen (secondary N) is 1. The monoisotopic (exact) mass is 451 g/mol. The molecule has 1 N–H and O–H groups in total. The summed E-state index contributed by atoms with van der Waals surface area (Å²) in [6, 6.07) is 13.1. The van der Waals surface area contributed by atoms with E-state index in [4.69, 9.17) is 4.74 Å². The summed E-state index contributed by atoms with van der Waals surface area (Å²) < 4.78 is 19.2. The zero-order chi connectivity index (χ0) is 22.6. The molecule has 6 heteroatoms. The zero-order valence-electron chi connectivity index (χ0n) is 19.3. The molecule has 0 bridgehead atoms. The van der Waals surface area contributed by atoms with Gasteiger partial charge in [0.25, 0.3) is 5.91 Å². The number of fused-ring (bicyclic) bond motifs is 1. The van der Waals surface area contributed by atoms with Gasteiger partial charge >= 0.3 is 0 Å². The molecule has 1 atom stereocenters. The highest BCUT2D eigenvalue weighted by molar-refractivity contribution is 5.97. The van der Waals surface area contributed by atoms with Crippen molar-refractivity contribution in [2.75, 3.05) is 42.9 Å². The highest BCUT2D eigenvalue weighted by Crippen LogP contribution is 2.38. The lowest BCUT2D eigenvalue weighted by Gasteiger charge is -2.36. The van der Waals surface area contributed by atoms with Crippen molar-refractivity contribution < 1.29 is 13.9 Å². The van der Waals surface area contributed by atoms with Crippen LogP contribution < -0.4 is 15.0 Å². The highest BCUT2D eigenvalue weighted by atomic mass is 19.1. The lowest BCUT2D eigenvalue weighted by Crippen LogP contribution is -2.47. The van der Waals surface area contributed by atoms with E-state index in [-0.39, 0.29) is 11.7 Å². The Balaban J connectivity index is 1.08. The molecule has 1 aliphatic carbocycles. The number of carbonyl (C=O) groups excluding carboxylic acids is 1. The fourth-order valence-electron chi connectivity index (χ4n) is 5.43.